The van der Waals surface area contributed by atoms with Gasteiger partial charge >= 0.3 is 0 Å². The Balaban J connectivity index is 1.87. The highest BCUT2D eigenvalue weighted by Crippen LogP contribution is 2.18. The van der Waals surface area contributed by atoms with Crippen LogP contribution >= 0.6 is 0 Å². The van der Waals surface area contributed by atoms with E-state index in [-0.39, 0.29) is 28.2 Å². The van der Waals surface area contributed by atoms with Crippen LogP contribution in [-0.2, 0) is 4.79 Å². The van der Waals surface area contributed by atoms with Crippen LogP contribution in [0.5, 0.6) is 0 Å². The molecule has 200 valence electrons. The van der Waals surface area contributed by atoms with Gasteiger partial charge in [-0.25, -0.2) is 5.43 Å². The third kappa shape index (κ3) is 7.55. The van der Waals surface area contributed by atoms with Crippen molar-refractivity contribution >= 4 is 41.2 Å². The van der Waals surface area contributed by atoms with Crippen LogP contribution in [0.15, 0.2) is 83.6 Å². The lowest BCUT2D eigenvalue weighted by Crippen LogP contribution is -2.32. The Morgan fingerprint density at radius 1 is 0.897 bits per heavy atom. The summed E-state index contributed by atoms with van der Waals surface area (Å²) in [6, 6.07) is 18.1. The zero-order chi connectivity index (χ0) is 28.4. The molecule has 0 saturated heterocycles. The van der Waals surface area contributed by atoms with Gasteiger partial charge in [0, 0.05) is 42.5 Å². The monoisotopic (exact) mass is 530 g/mol. The van der Waals surface area contributed by atoms with Crippen LogP contribution in [0.25, 0.3) is 6.08 Å². The van der Waals surface area contributed by atoms with Gasteiger partial charge < -0.3 is 10.2 Å². The van der Waals surface area contributed by atoms with E-state index in [4.69, 9.17) is 0 Å². The number of hydrazone groups is 1. The number of hydrogen-bond donors (Lipinski definition) is 2. The minimum Gasteiger partial charge on any atom is -0.372 e. The number of amides is 2. The molecule has 0 saturated carbocycles. The molecule has 0 aliphatic heterocycles. The maximum absolute atomic E-state index is 13.0. The molecule has 3 aromatic carbocycles. The van der Waals surface area contributed by atoms with E-state index >= 15 is 0 Å². The predicted molar refractivity (Wildman–Crippen MR) is 147 cm³/mol. The molecule has 0 aromatic heterocycles. The van der Waals surface area contributed by atoms with Crippen LogP contribution in [0.3, 0.4) is 0 Å². The Labute approximate surface area is 223 Å². The van der Waals surface area contributed by atoms with Crippen LogP contribution in [0.2, 0.25) is 0 Å². The van der Waals surface area contributed by atoms with E-state index in [0.29, 0.717) is 5.56 Å². The van der Waals surface area contributed by atoms with E-state index in [0.717, 1.165) is 25.0 Å². The molecule has 0 unspecified atom stereocenters. The fraction of sp³-hybridized carbons (Fsp3) is 0.148. The fourth-order valence-electron chi connectivity index (χ4n) is 3.61. The topological polar surface area (TPSA) is 160 Å². The minimum absolute atomic E-state index is 0.0968. The first-order valence-electron chi connectivity index (χ1n) is 11.9. The molecular weight excluding hydrogens is 504 g/mol. The van der Waals surface area contributed by atoms with Crippen molar-refractivity contribution in [3.63, 3.8) is 0 Å². The Morgan fingerprint density at radius 3 is 2.13 bits per heavy atom. The van der Waals surface area contributed by atoms with Crippen molar-refractivity contribution in [2.45, 2.75) is 13.8 Å². The summed E-state index contributed by atoms with van der Waals surface area (Å²) >= 11 is 0. The van der Waals surface area contributed by atoms with Crippen LogP contribution in [0, 0.1) is 20.2 Å². The SMILES string of the molecule is CCN(CC)c1ccc(/C=C(/NC(=O)c2ccc([N+](=O)[O-])cc2)C(=O)N/N=C/c2ccccc2[N+](=O)[O-])cc1. The number of nitro benzene ring substituents is 2. The molecule has 0 aliphatic rings. The second-order valence-electron chi connectivity index (χ2n) is 8.09. The predicted octanol–water partition coefficient (Wildman–Crippen LogP) is 4.27. The third-order valence-electron chi connectivity index (χ3n) is 5.67. The number of para-hydroxylation sites is 1. The Kier molecular flexibility index (Phi) is 9.57. The summed E-state index contributed by atoms with van der Waals surface area (Å²) < 4.78 is 0. The molecule has 12 nitrogen and oxygen atoms in total. The Bertz CT molecular complexity index is 1410. The largest absolute Gasteiger partial charge is 0.372 e. The summed E-state index contributed by atoms with van der Waals surface area (Å²) in [4.78, 5) is 48.9. The molecule has 0 fully saturated rings. The quantitative estimate of drug-likeness (QED) is 0.162. The molecule has 2 N–H and O–H groups in total. The highest BCUT2D eigenvalue weighted by Gasteiger charge is 2.16. The van der Waals surface area contributed by atoms with E-state index in [2.05, 4.69) is 20.7 Å². The summed E-state index contributed by atoms with van der Waals surface area (Å²) in [6.45, 7) is 5.72. The third-order valence-corrected chi connectivity index (χ3v) is 5.67. The highest BCUT2D eigenvalue weighted by molar-refractivity contribution is 6.05. The number of rotatable bonds is 11. The maximum Gasteiger partial charge on any atom is 0.287 e. The van der Waals surface area contributed by atoms with E-state index in [1.807, 2.05) is 26.0 Å². The van der Waals surface area contributed by atoms with Gasteiger partial charge in [-0.3, -0.25) is 29.8 Å². The van der Waals surface area contributed by atoms with E-state index in [1.165, 1.54) is 48.5 Å². The molecule has 39 heavy (non-hydrogen) atoms. The molecule has 0 heterocycles. The number of hydrogen-bond acceptors (Lipinski definition) is 8. The summed E-state index contributed by atoms with van der Waals surface area (Å²) in [7, 11) is 0. The van der Waals surface area contributed by atoms with Crippen molar-refractivity contribution in [2.24, 2.45) is 5.10 Å². The first kappa shape index (κ1) is 28.2. The standard InChI is InChI=1S/C27H26N6O6/c1-3-31(4-2)22-13-9-19(10-14-22)17-24(29-26(34)20-11-15-23(16-12-20)32(36)37)27(35)30-28-18-21-7-5-6-8-25(21)33(38)39/h5-18H,3-4H2,1-2H3,(H,29,34)(H,30,35)/b24-17+,28-18+. The zero-order valence-electron chi connectivity index (χ0n) is 21.2. The zero-order valence-corrected chi connectivity index (χ0v) is 21.2. The summed E-state index contributed by atoms with van der Waals surface area (Å²) in [5.41, 5.74) is 3.62. The van der Waals surface area contributed by atoms with Gasteiger partial charge in [-0.2, -0.15) is 5.10 Å². The van der Waals surface area contributed by atoms with E-state index < -0.39 is 21.7 Å². The number of non-ortho nitro benzene ring substituents is 1. The molecule has 0 radical (unpaired) electrons. The summed E-state index contributed by atoms with van der Waals surface area (Å²) in [5, 5.41) is 28.4. The van der Waals surface area contributed by atoms with Crippen LogP contribution < -0.4 is 15.6 Å². The number of nitrogens with zero attached hydrogens (tertiary/aromatic N) is 4. The number of carbonyl (C=O) groups is 2. The molecule has 3 rings (SSSR count). The van der Waals surface area contributed by atoms with Crippen molar-refractivity contribution in [3.8, 4) is 0 Å². The molecule has 0 aliphatic carbocycles. The molecule has 0 atom stereocenters. The smallest absolute Gasteiger partial charge is 0.287 e. The van der Waals surface area contributed by atoms with Gasteiger partial charge in [0.15, 0.2) is 0 Å². The van der Waals surface area contributed by atoms with E-state index in [1.54, 1.807) is 18.2 Å². The number of benzene rings is 3. The van der Waals surface area contributed by atoms with Crippen molar-refractivity contribution < 1.29 is 19.4 Å². The number of nitro groups is 2. The van der Waals surface area contributed by atoms with Gasteiger partial charge in [0.1, 0.15) is 5.70 Å². The molecule has 0 bridgehead atoms. The summed E-state index contributed by atoms with van der Waals surface area (Å²) in [5.74, 6) is -1.46. The van der Waals surface area contributed by atoms with E-state index in [9.17, 15) is 29.8 Å². The average molecular weight is 531 g/mol. The average Bonchev–Trinajstić information content (AvgIpc) is 2.94. The van der Waals surface area contributed by atoms with Gasteiger partial charge in [0.25, 0.3) is 23.2 Å². The lowest BCUT2D eigenvalue weighted by Gasteiger charge is -2.20. The highest BCUT2D eigenvalue weighted by atomic mass is 16.6. The first-order valence-corrected chi connectivity index (χ1v) is 11.9. The fourth-order valence-corrected chi connectivity index (χ4v) is 3.61. The normalized spacial score (nSPS) is 11.2. The van der Waals surface area contributed by atoms with Crippen LogP contribution in [0.1, 0.15) is 35.3 Å². The molecular formula is C27H26N6O6. The minimum atomic E-state index is -0.784. The van der Waals surface area contributed by atoms with Crippen molar-refractivity contribution in [3.05, 3.63) is 115 Å². The molecule has 2 amide bonds. The van der Waals surface area contributed by atoms with Gasteiger partial charge in [0.2, 0.25) is 0 Å². The molecule has 0 spiro atoms. The second kappa shape index (κ2) is 13.2. The Morgan fingerprint density at radius 2 is 1.54 bits per heavy atom. The maximum atomic E-state index is 13.0. The lowest BCUT2D eigenvalue weighted by molar-refractivity contribution is -0.385. The van der Waals surface area contributed by atoms with Crippen LogP contribution in [-0.4, -0.2) is 41.0 Å². The Hall–Kier alpha value is -5.39. The number of nitrogens with one attached hydrogen (secondary N) is 2. The summed E-state index contributed by atoms with van der Waals surface area (Å²) in [6.07, 6.45) is 2.58. The first-order chi connectivity index (χ1) is 18.7. The van der Waals surface area contributed by atoms with Gasteiger partial charge in [-0.1, -0.05) is 24.3 Å². The number of anilines is 1. The van der Waals surface area contributed by atoms with Gasteiger partial charge in [-0.05, 0) is 55.8 Å². The molecule has 3 aromatic rings. The molecule has 12 heteroatoms. The van der Waals surface area contributed by atoms with Crippen molar-refractivity contribution in [1.29, 1.82) is 0 Å². The second-order valence-corrected chi connectivity index (χ2v) is 8.09. The van der Waals surface area contributed by atoms with Crippen LogP contribution in [0.4, 0.5) is 17.1 Å². The van der Waals surface area contributed by atoms with Gasteiger partial charge in [0.05, 0.1) is 21.6 Å². The number of carbonyl (C=O) groups excluding carboxylic acids is 2. The van der Waals surface area contributed by atoms with Crippen molar-refractivity contribution in [2.75, 3.05) is 18.0 Å². The van der Waals surface area contributed by atoms with Gasteiger partial charge in [-0.15, -0.1) is 0 Å². The van der Waals surface area contributed by atoms with Crippen molar-refractivity contribution in [1.82, 2.24) is 10.7 Å². The lowest BCUT2D eigenvalue weighted by atomic mass is 10.1.